The van der Waals surface area contributed by atoms with Gasteiger partial charge in [-0.3, -0.25) is 4.79 Å². The molecule has 2 N–H and O–H groups in total. The number of nitrogens with two attached hydrogens (primary N) is 1. The van der Waals surface area contributed by atoms with Crippen LogP contribution >= 0.6 is 0 Å². The number of hydrogen-bond donors (Lipinski definition) is 1. The Morgan fingerprint density at radius 3 is 2.27 bits per heavy atom. The molecule has 0 radical (unpaired) electrons. The van der Waals surface area contributed by atoms with Gasteiger partial charge in [0, 0.05) is 0 Å². The summed E-state index contributed by atoms with van der Waals surface area (Å²) in [6.07, 6.45) is 0. The molecular formula is C10H17NO4. The highest BCUT2D eigenvalue weighted by Crippen LogP contribution is 2.53. The van der Waals surface area contributed by atoms with Crippen molar-refractivity contribution < 1.29 is 19.1 Å². The van der Waals surface area contributed by atoms with Crippen LogP contribution in [0, 0.1) is 5.92 Å². The fraction of sp³-hybridized carbons (Fsp3) is 0.800. The van der Waals surface area contributed by atoms with Crippen LogP contribution in [0.1, 0.15) is 27.7 Å². The van der Waals surface area contributed by atoms with E-state index in [9.17, 15) is 9.59 Å². The molecule has 1 aliphatic rings. The average molecular weight is 215 g/mol. The lowest BCUT2D eigenvalue weighted by atomic mass is 9.84. The molecule has 0 aromatic heterocycles. The molecule has 15 heavy (non-hydrogen) atoms. The molecule has 5 heteroatoms. The van der Waals surface area contributed by atoms with Crippen molar-refractivity contribution in [2.75, 3.05) is 6.61 Å². The van der Waals surface area contributed by atoms with Gasteiger partial charge in [-0.05, 0) is 19.8 Å². The number of primary amides is 1. The van der Waals surface area contributed by atoms with Crippen molar-refractivity contribution in [2.24, 2.45) is 11.7 Å². The maximum absolute atomic E-state index is 11.6. The summed E-state index contributed by atoms with van der Waals surface area (Å²) in [6, 6.07) is 0. The van der Waals surface area contributed by atoms with Gasteiger partial charge in [-0.1, -0.05) is 13.8 Å². The quantitative estimate of drug-likeness (QED) is 0.413. The van der Waals surface area contributed by atoms with E-state index in [1.807, 2.05) is 13.8 Å². The van der Waals surface area contributed by atoms with Crippen molar-refractivity contribution >= 4 is 11.9 Å². The minimum absolute atomic E-state index is 0.00871. The van der Waals surface area contributed by atoms with Crippen molar-refractivity contribution in [3.63, 3.8) is 0 Å². The van der Waals surface area contributed by atoms with Crippen LogP contribution in [0.2, 0.25) is 0 Å². The number of amides is 1. The highest BCUT2D eigenvalue weighted by Gasteiger charge is 2.78. The zero-order chi connectivity index (χ0) is 11.9. The van der Waals surface area contributed by atoms with Crippen LogP contribution in [0.3, 0.4) is 0 Å². The fourth-order valence-corrected chi connectivity index (χ4v) is 1.69. The molecule has 0 saturated carbocycles. The van der Waals surface area contributed by atoms with Gasteiger partial charge < -0.3 is 15.2 Å². The minimum Gasteiger partial charge on any atom is -0.463 e. The van der Waals surface area contributed by atoms with Crippen molar-refractivity contribution in [3.8, 4) is 0 Å². The van der Waals surface area contributed by atoms with Crippen molar-refractivity contribution in [1.82, 2.24) is 0 Å². The monoisotopic (exact) mass is 215 g/mol. The van der Waals surface area contributed by atoms with Crippen LogP contribution in [-0.2, 0) is 19.1 Å². The highest BCUT2D eigenvalue weighted by atomic mass is 16.7. The number of carbonyl (C=O) groups is 2. The van der Waals surface area contributed by atoms with Gasteiger partial charge in [0.05, 0.1) is 6.61 Å². The van der Waals surface area contributed by atoms with Crippen LogP contribution in [0.4, 0.5) is 0 Å². The summed E-state index contributed by atoms with van der Waals surface area (Å²) in [5.74, 6) is -1.46. The Morgan fingerprint density at radius 2 is 2.00 bits per heavy atom. The number of carbonyl (C=O) groups excluding carboxylic acids is 2. The fourth-order valence-electron chi connectivity index (χ4n) is 1.69. The third kappa shape index (κ3) is 1.42. The Morgan fingerprint density at radius 1 is 1.47 bits per heavy atom. The first-order chi connectivity index (χ1) is 6.83. The predicted molar refractivity (Wildman–Crippen MR) is 52.9 cm³/mol. The molecule has 0 aromatic carbocycles. The first-order valence-corrected chi connectivity index (χ1v) is 5.00. The van der Waals surface area contributed by atoms with Crippen molar-refractivity contribution in [1.29, 1.82) is 0 Å². The molecule has 2 atom stereocenters. The van der Waals surface area contributed by atoms with Crippen molar-refractivity contribution in [2.45, 2.75) is 38.9 Å². The predicted octanol–water partition coefficient (Wildman–Crippen LogP) is 0.218. The zero-order valence-corrected chi connectivity index (χ0v) is 9.49. The summed E-state index contributed by atoms with van der Waals surface area (Å²) >= 11 is 0. The van der Waals surface area contributed by atoms with Gasteiger partial charge in [0.1, 0.15) is 5.60 Å². The van der Waals surface area contributed by atoms with E-state index in [4.69, 9.17) is 15.2 Å². The first kappa shape index (κ1) is 12.0. The molecule has 1 aliphatic heterocycles. The maximum atomic E-state index is 11.6. The molecule has 0 aromatic rings. The summed E-state index contributed by atoms with van der Waals surface area (Å²) in [5, 5.41) is 0. The van der Waals surface area contributed by atoms with E-state index < -0.39 is 23.1 Å². The van der Waals surface area contributed by atoms with Gasteiger partial charge in [0.15, 0.2) is 0 Å². The van der Waals surface area contributed by atoms with Crippen LogP contribution in [0.5, 0.6) is 0 Å². The summed E-state index contributed by atoms with van der Waals surface area (Å²) in [4.78, 5) is 23.0. The van der Waals surface area contributed by atoms with Gasteiger partial charge in [-0.25, -0.2) is 4.79 Å². The Balaban J connectivity index is 2.97. The lowest BCUT2D eigenvalue weighted by molar-refractivity contribution is -0.153. The van der Waals surface area contributed by atoms with E-state index in [-0.39, 0.29) is 12.5 Å². The Bertz CT molecular complexity index is 302. The second-order valence-electron chi connectivity index (χ2n) is 4.13. The average Bonchev–Trinajstić information content (AvgIpc) is 2.76. The molecule has 1 saturated heterocycles. The van der Waals surface area contributed by atoms with E-state index >= 15 is 0 Å². The molecular weight excluding hydrogens is 198 g/mol. The molecule has 86 valence electrons. The van der Waals surface area contributed by atoms with Gasteiger partial charge in [-0.15, -0.1) is 0 Å². The van der Waals surface area contributed by atoms with Gasteiger partial charge in [0.25, 0.3) is 11.5 Å². The molecule has 1 heterocycles. The maximum Gasteiger partial charge on any atom is 0.351 e. The van der Waals surface area contributed by atoms with E-state index in [0.29, 0.717) is 0 Å². The number of esters is 1. The molecule has 1 rings (SSSR count). The van der Waals surface area contributed by atoms with Gasteiger partial charge >= 0.3 is 5.97 Å². The second kappa shape index (κ2) is 3.48. The Labute approximate surface area is 88.9 Å². The topological polar surface area (TPSA) is 81.9 Å². The van der Waals surface area contributed by atoms with Crippen molar-refractivity contribution in [3.05, 3.63) is 0 Å². The summed E-state index contributed by atoms with van der Waals surface area (Å²) in [7, 11) is 0. The van der Waals surface area contributed by atoms with Gasteiger partial charge in [-0.2, -0.15) is 0 Å². The van der Waals surface area contributed by atoms with Crippen LogP contribution in [0.15, 0.2) is 0 Å². The number of hydrogen-bond acceptors (Lipinski definition) is 4. The third-order valence-electron chi connectivity index (χ3n) is 3.03. The second-order valence-corrected chi connectivity index (χ2v) is 4.13. The summed E-state index contributed by atoms with van der Waals surface area (Å²) in [5.41, 5.74) is 2.78. The smallest absolute Gasteiger partial charge is 0.351 e. The molecule has 5 nitrogen and oxygen atoms in total. The first-order valence-electron chi connectivity index (χ1n) is 5.00. The Hall–Kier alpha value is -1.10. The van der Waals surface area contributed by atoms with E-state index in [0.717, 1.165) is 0 Å². The standard InChI is InChI=1S/C10H17NO4/c1-5-14-8(13)10(7(11)12)9(4,15-10)6(2)3/h6H,5H2,1-4H3,(H2,11,12). The molecule has 0 bridgehead atoms. The normalized spacial score (nSPS) is 33.9. The van der Waals surface area contributed by atoms with Crippen LogP contribution < -0.4 is 5.73 Å². The van der Waals surface area contributed by atoms with E-state index in [1.54, 1.807) is 13.8 Å². The lowest BCUT2D eigenvalue weighted by Gasteiger charge is -2.15. The number of epoxide rings is 1. The summed E-state index contributed by atoms with van der Waals surface area (Å²) < 4.78 is 10.1. The molecule has 0 aliphatic carbocycles. The minimum atomic E-state index is -1.59. The van der Waals surface area contributed by atoms with Crippen LogP contribution in [-0.4, -0.2) is 29.7 Å². The molecule has 2 unspecified atom stereocenters. The SMILES string of the molecule is CCOC(=O)C1(C(N)=O)OC1(C)C(C)C. The highest BCUT2D eigenvalue weighted by molar-refractivity contribution is 6.10. The number of ether oxygens (including phenoxy) is 2. The molecule has 1 fully saturated rings. The van der Waals surface area contributed by atoms with E-state index in [1.165, 1.54) is 0 Å². The summed E-state index contributed by atoms with van der Waals surface area (Å²) in [6.45, 7) is 7.29. The molecule has 1 amide bonds. The largest absolute Gasteiger partial charge is 0.463 e. The lowest BCUT2D eigenvalue weighted by Crippen LogP contribution is -2.47. The van der Waals surface area contributed by atoms with Crippen LogP contribution in [0.25, 0.3) is 0 Å². The van der Waals surface area contributed by atoms with Gasteiger partial charge in [0.2, 0.25) is 0 Å². The Kier molecular flexibility index (Phi) is 2.78. The number of rotatable bonds is 4. The van der Waals surface area contributed by atoms with E-state index in [2.05, 4.69) is 0 Å². The third-order valence-corrected chi connectivity index (χ3v) is 3.03. The molecule has 0 spiro atoms. The zero-order valence-electron chi connectivity index (χ0n) is 9.49.